The summed E-state index contributed by atoms with van der Waals surface area (Å²) < 4.78 is 5.86. The highest BCUT2D eigenvalue weighted by Gasteiger charge is 2.43. The van der Waals surface area contributed by atoms with Crippen LogP contribution >= 0.6 is 0 Å². The Balaban J connectivity index is 1.41. The molecule has 4 rings (SSSR count). The molecule has 4 atom stereocenters. The van der Waals surface area contributed by atoms with Crippen LogP contribution in [0.3, 0.4) is 0 Å². The van der Waals surface area contributed by atoms with Crippen LogP contribution in [0.15, 0.2) is 18.2 Å². The Kier molecular flexibility index (Phi) is 4.54. The number of fused-ring (bicyclic) bond motifs is 1. The molecule has 0 bridgehead atoms. The van der Waals surface area contributed by atoms with Crippen molar-refractivity contribution in [3.05, 3.63) is 34.9 Å². The van der Waals surface area contributed by atoms with Crippen molar-refractivity contribution in [3.63, 3.8) is 0 Å². The van der Waals surface area contributed by atoms with Crippen LogP contribution in [0.5, 0.6) is 0 Å². The molecule has 0 spiro atoms. The van der Waals surface area contributed by atoms with Crippen molar-refractivity contribution in [2.45, 2.75) is 44.5 Å². The van der Waals surface area contributed by atoms with Crippen LogP contribution in [0.4, 0.5) is 0 Å². The molecule has 2 unspecified atom stereocenters. The van der Waals surface area contributed by atoms with E-state index in [-0.39, 0.29) is 24.1 Å². The third-order valence-corrected chi connectivity index (χ3v) is 5.89. The first-order valence-corrected chi connectivity index (χ1v) is 9.22. The number of aryl methyl sites for hydroxylation is 2. The summed E-state index contributed by atoms with van der Waals surface area (Å²) in [7, 11) is 2.12. The molecule has 3 aliphatic heterocycles. The van der Waals surface area contributed by atoms with E-state index in [1.807, 2.05) is 4.90 Å². The summed E-state index contributed by atoms with van der Waals surface area (Å²) in [5.41, 5.74) is 10.4. The van der Waals surface area contributed by atoms with Crippen LogP contribution in [0, 0.1) is 13.8 Å². The standard InChI is InChI=1S/C19H28N4O2/c1-12-4-5-14(13(2)8-12)15-9-16(21-20-15)19(24)23-10-17-18(11-23)25-7-6-22(17)3/h4-5,8,15-18,20-21H,6-7,9-11H2,1-3H3/t15?,16?,17-,18+/m0/s1. The van der Waals surface area contributed by atoms with Gasteiger partial charge in [0.25, 0.3) is 0 Å². The number of carbonyl (C=O) groups excluding carboxylic acids is 1. The van der Waals surface area contributed by atoms with Gasteiger partial charge in [0, 0.05) is 25.7 Å². The molecule has 6 nitrogen and oxygen atoms in total. The van der Waals surface area contributed by atoms with E-state index >= 15 is 0 Å². The van der Waals surface area contributed by atoms with E-state index in [0.29, 0.717) is 12.6 Å². The molecule has 6 heteroatoms. The lowest BCUT2D eigenvalue weighted by atomic mass is 9.96. The van der Waals surface area contributed by atoms with Crippen LogP contribution in [0.25, 0.3) is 0 Å². The molecule has 3 heterocycles. The summed E-state index contributed by atoms with van der Waals surface area (Å²) in [5.74, 6) is 0.186. The fourth-order valence-electron chi connectivity index (χ4n) is 4.40. The molecule has 136 valence electrons. The fraction of sp³-hybridized carbons (Fsp3) is 0.632. The normalized spacial score (nSPS) is 32.8. The minimum atomic E-state index is -0.170. The third-order valence-electron chi connectivity index (χ3n) is 5.89. The predicted octanol–water partition coefficient (Wildman–Crippen LogP) is 0.752. The fourth-order valence-corrected chi connectivity index (χ4v) is 4.40. The van der Waals surface area contributed by atoms with Gasteiger partial charge < -0.3 is 9.64 Å². The van der Waals surface area contributed by atoms with Gasteiger partial charge in [-0.3, -0.25) is 9.69 Å². The van der Waals surface area contributed by atoms with Gasteiger partial charge in [0.15, 0.2) is 0 Å². The molecule has 1 aromatic carbocycles. The highest BCUT2D eigenvalue weighted by molar-refractivity contribution is 5.82. The van der Waals surface area contributed by atoms with Crippen molar-refractivity contribution in [1.82, 2.24) is 20.7 Å². The smallest absolute Gasteiger partial charge is 0.241 e. The zero-order valence-electron chi connectivity index (χ0n) is 15.3. The molecular formula is C19H28N4O2. The number of carbonyl (C=O) groups is 1. The van der Waals surface area contributed by atoms with Crippen LogP contribution in [-0.4, -0.2) is 67.2 Å². The van der Waals surface area contributed by atoms with Crippen LogP contribution in [0.1, 0.15) is 29.2 Å². The average Bonchev–Trinajstić information content (AvgIpc) is 3.22. The number of rotatable bonds is 2. The molecule has 1 aromatic rings. The van der Waals surface area contributed by atoms with Crippen molar-refractivity contribution < 1.29 is 9.53 Å². The quantitative estimate of drug-likeness (QED) is 0.829. The highest BCUT2D eigenvalue weighted by atomic mass is 16.5. The second-order valence-corrected chi connectivity index (χ2v) is 7.69. The Morgan fingerprint density at radius 1 is 1.24 bits per heavy atom. The van der Waals surface area contributed by atoms with E-state index in [2.05, 4.69) is 54.8 Å². The van der Waals surface area contributed by atoms with Crippen molar-refractivity contribution >= 4 is 5.91 Å². The van der Waals surface area contributed by atoms with E-state index in [1.54, 1.807) is 0 Å². The second kappa shape index (κ2) is 6.68. The van der Waals surface area contributed by atoms with Gasteiger partial charge in [0.2, 0.25) is 5.91 Å². The average molecular weight is 344 g/mol. The molecule has 2 N–H and O–H groups in total. The zero-order chi connectivity index (χ0) is 17.6. The number of nitrogens with one attached hydrogen (secondary N) is 2. The number of amides is 1. The van der Waals surface area contributed by atoms with Crippen molar-refractivity contribution in [1.29, 1.82) is 0 Å². The minimum absolute atomic E-state index is 0.159. The topological polar surface area (TPSA) is 56.8 Å². The summed E-state index contributed by atoms with van der Waals surface area (Å²) in [6, 6.07) is 6.85. The second-order valence-electron chi connectivity index (χ2n) is 7.69. The lowest BCUT2D eigenvalue weighted by Crippen LogP contribution is -2.48. The van der Waals surface area contributed by atoms with Gasteiger partial charge in [-0.2, -0.15) is 0 Å². The molecular weight excluding hydrogens is 316 g/mol. The Morgan fingerprint density at radius 3 is 2.84 bits per heavy atom. The number of likely N-dealkylation sites (N-methyl/N-ethyl adjacent to an activating group) is 1. The Bertz CT molecular complexity index is 665. The maximum atomic E-state index is 13.0. The van der Waals surface area contributed by atoms with Crippen LogP contribution in [-0.2, 0) is 9.53 Å². The number of morpholine rings is 1. The molecule has 0 radical (unpaired) electrons. The summed E-state index contributed by atoms with van der Waals surface area (Å²) >= 11 is 0. The van der Waals surface area contributed by atoms with Crippen LogP contribution in [0.2, 0.25) is 0 Å². The molecule has 0 aliphatic carbocycles. The maximum Gasteiger partial charge on any atom is 0.241 e. The third kappa shape index (κ3) is 3.19. The van der Waals surface area contributed by atoms with Gasteiger partial charge in [-0.25, -0.2) is 10.9 Å². The largest absolute Gasteiger partial charge is 0.373 e. The zero-order valence-corrected chi connectivity index (χ0v) is 15.3. The van der Waals surface area contributed by atoms with Gasteiger partial charge in [0.1, 0.15) is 6.04 Å². The number of hydrogen-bond donors (Lipinski definition) is 2. The first-order chi connectivity index (χ1) is 12.0. The summed E-state index contributed by atoms with van der Waals surface area (Å²) in [6.07, 6.45) is 0.942. The Labute approximate surface area is 149 Å². The molecule has 3 fully saturated rings. The van der Waals surface area contributed by atoms with Gasteiger partial charge >= 0.3 is 0 Å². The monoisotopic (exact) mass is 344 g/mol. The molecule has 1 amide bonds. The Morgan fingerprint density at radius 2 is 2.08 bits per heavy atom. The lowest BCUT2D eigenvalue weighted by Gasteiger charge is -2.33. The number of hydrazine groups is 1. The Hall–Kier alpha value is -1.47. The molecule has 0 saturated carbocycles. The molecule has 3 saturated heterocycles. The van der Waals surface area contributed by atoms with E-state index in [1.165, 1.54) is 16.7 Å². The maximum absolute atomic E-state index is 13.0. The molecule has 3 aliphatic rings. The van der Waals surface area contributed by atoms with Gasteiger partial charge in [-0.05, 0) is 38.4 Å². The lowest BCUT2D eigenvalue weighted by molar-refractivity contribution is -0.132. The molecule has 0 aromatic heterocycles. The van der Waals surface area contributed by atoms with E-state index in [4.69, 9.17) is 4.74 Å². The van der Waals surface area contributed by atoms with Gasteiger partial charge in [-0.15, -0.1) is 0 Å². The predicted molar refractivity (Wildman–Crippen MR) is 96.1 cm³/mol. The van der Waals surface area contributed by atoms with Crippen molar-refractivity contribution in [2.24, 2.45) is 0 Å². The number of hydrogen-bond acceptors (Lipinski definition) is 5. The number of ether oxygens (including phenoxy) is 1. The van der Waals surface area contributed by atoms with Crippen molar-refractivity contribution in [2.75, 3.05) is 33.3 Å². The van der Waals surface area contributed by atoms with Crippen molar-refractivity contribution in [3.8, 4) is 0 Å². The van der Waals surface area contributed by atoms with E-state index in [9.17, 15) is 4.79 Å². The first kappa shape index (κ1) is 17.0. The highest BCUT2D eigenvalue weighted by Crippen LogP contribution is 2.28. The summed E-state index contributed by atoms with van der Waals surface area (Å²) in [6.45, 7) is 7.43. The number of benzene rings is 1. The number of likely N-dealkylation sites (tertiary alicyclic amines) is 1. The van der Waals surface area contributed by atoms with Crippen LogP contribution < -0.4 is 10.9 Å². The summed E-state index contributed by atoms with van der Waals surface area (Å²) in [5, 5.41) is 0. The van der Waals surface area contributed by atoms with E-state index in [0.717, 1.165) is 26.1 Å². The summed E-state index contributed by atoms with van der Waals surface area (Å²) in [4.78, 5) is 17.3. The van der Waals surface area contributed by atoms with E-state index < -0.39 is 0 Å². The first-order valence-electron chi connectivity index (χ1n) is 9.22. The SMILES string of the molecule is Cc1ccc(C2CC(C(=O)N3C[C@H]4OCCN(C)[C@H]4C3)NN2)c(C)c1. The number of nitrogens with zero attached hydrogens (tertiary/aromatic N) is 2. The molecule has 25 heavy (non-hydrogen) atoms. The van der Waals surface area contributed by atoms with Gasteiger partial charge in [0.05, 0.1) is 18.8 Å². The van der Waals surface area contributed by atoms with Gasteiger partial charge in [-0.1, -0.05) is 23.8 Å². The minimum Gasteiger partial charge on any atom is -0.373 e.